The Kier molecular flexibility index (Phi) is 6.47. The Hall–Kier alpha value is -3.98. The number of halogens is 1. The zero-order valence-corrected chi connectivity index (χ0v) is 19.0. The molecule has 1 amide bonds. The molecule has 0 aliphatic carbocycles. The highest BCUT2D eigenvalue weighted by atomic mass is 32.2. The van der Waals surface area contributed by atoms with E-state index < -0.39 is 27.4 Å². The molecule has 0 aliphatic rings. The number of carbonyl (C=O) groups is 2. The summed E-state index contributed by atoms with van der Waals surface area (Å²) in [6.45, 7) is -0.144. The van der Waals surface area contributed by atoms with Gasteiger partial charge in [0.2, 0.25) is 5.91 Å². The first-order valence-electron chi connectivity index (χ1n) is 10.3. The summed E-state index contributed by atoms with van der Waals surface area (Å²) in [6, 6.07) is 18.8. The standard InChI is InChI=1S/C25H21FN2O5S/c1-33-25(30)17-10-12-19(13-11-17)27-24(29)15-28-14-23(20-7-3-5-9-22(20)28)34(31,32)16-18-6-2-4-8-21(18)26/h2-14H,15-16H2,1H3,(H,27,29). The molecule has 0 aliphatic heterocycles. The van der Waals surface area contributed by atoms with Crippen LogP contribution in [0.5, 0.6) is 0 Å². The van der Waals surface area contributed by atoms with Crippen molar-refractivity contribution in [3.8, 4) is 0 Å². The maximum atomic E-state index is 14.1. The third kappa shape index (κ3) is 4.84. The van der Waals surface area contributed by atoms with Crippen LogP contribution >= 0.6 is 0 Å². The highest BCUT2D eigenvalue weighted by Crippen LogP contribution is 2.28. The highest BCUT2D eigenvalue weighted by molar-refractivity contribution is 7.90. The van der Waals surface area contributed by atoms with E-state index in [1.165, 1.54) is 43.6 Å². The third-order valence-electron chi connectivity index (χ3n) is 5.29. The molecule has 9 heteroatoms. The number of fused-ring (bicyclic) bond motifs is 1. The molecule has 0 radical (unpaired) electrons. The summed E-state index contributed by atoms with van der Waals surface area (Å²) in [5, 5.41) is 3.18. The number of anilines is 1. The number of esters is 1. The molecular weight excluding hydrogens is 459 g/mol. The van der Waals surface area contributed by atoms with E-state index in [1.807, 2.05) is 0 Å². The number of rotatable bonds is 7. The van der Waals surface area contributed by atoms with E-state index in [9.17, 15) is 22.4 Å². The maximum Gasteiger partial charge on any atom is 0.337 e. The van der Waals surface area contributed by atoms with E-state index in [1.54, 1.807) is 47.0 Å². The lowest BCUT2D eigenvalue weighted by Gasteiger charge is -2.08. The van der Waals surface area contributed by atoms with E-state index >= 15 is 0 Å². The largest absolute Gasteiger partial charge is 0.465 e. The Bertz CT molecular complexity index is 1480. The SMILES string of the molecule is COC(=O)c1ccc(NC(=O)Cn2cc(S(=O)(=O)Cc3ccccc3F)c3ccccc32)cc1. The summed E-state index contributed by atoms with van der Waals surface area (Å²) in [5.74, 6) is -1.95. The molecule has 1 heterocycles. The fourth-order valence-corrected chi connectivity index (χ4v) is 5.25. The summed E-state index contributed by atoms with van der Waals surface area (Å²) in [6.07, 6.45) is 1.40. The molecular formula is C25H21FN2O5S. The third-order valence-corrected chi connectivity index (χ3v) is 6.98. The normalized spacial score (nSPS) is 11.4. The summed E-state index contributed by atoms with van der Waals surface area (Å²) in [7, 11) is -2.61. The van der Waals surface area contributed by atoms with Crippen molar-refractivity contribution >= 4 is 38.3 Å². The Morgan fingerprint density at radius 2 is 1.65 bits per heavy atom. The molecule has 7 nitrogen and oxygen atoms in total. The fourth-order valence-electron chi connectivity index (χ4n) is 3.65. The Labute approximate surface area is 195 Å². The van der Waals surface area contributed by atoms with Gasteiger partial charge in [-0.3, -0.25) is 4.79 Å². The van der Waals surface area contributed by atoms with E-state index in [4.69, 9.17) is 0 Å². The first-order valence-corrected chi connectivity index (χ1v) is 12.0. The van der Waals surface area contributed by atoms with Gasteiger partial charge in [-0.05, 0) is 36.4 Å². The number of sulfone groups is 1. The molecule has 1 N–H and O–H groups in total. The van der Waals surface area contributed by atoms with Crippen molar-refractivity contribution in [3.05, 3.63) is 95.9 Å². The van der Waals surface area contributed by atoms with Crippen molar-refractivity contribution < 1.29 is 27.1 Å². The number of methoxy groups -OCH3 is 1. The van der Waals surface area contributed by atoms with Crippen LogP contribution in [0.15, 0.2) is 83.9 Å². The number of benzene rings is 3. The quantitative estimate of drug-likeness (QED) is 0.401. The molecule has 0 saturated carbocycles. The van der Waals surface area contributed by atoms with Gasteiger partial charge in [0, 0.05) is 28.4 Å². The average molecular weight is 481 g/mol. The number of amides is 1. The predicted molar refractivity (Wildman–Crippen MR) is 126 cm³/mol. The van der Waals surface area contributed by atoms with Gasteiger partial charge in [0.15, 0.2) is 9.84 Å². The summed E-state index contributed by atoms with van der Waals surface area (Å²) < 4.78 is 46.6. The van der Waals surface area contributed by atoms with Gasteiger partial charge in [0.05, 0.1) is 23.3 Å². The lowest BCUT2D eigenvalue weighted by Crippen LogP contribution is -2.18. The van der Waals surface area contributed by atoms with Gasteiger partial charge in [-0.2, -0.15) is 0 Å². The minimum atomic E-state index is -3.89. The van der Waals surface area contributed by atoms with Gasteiger partial charge < -0.3 is 14.6 Å². The van der Waals surface area contributed by atoms with Crippen molar-refractivity contribution in [2.75, 3.05) is 12.4 Å². The number of hydrogen-bond acceptors (Lipinski definition) is 5. The average Bonchev–Trinajstić information content (AvgIpc) is 3.20. The number of nitrogens with zero attached hydrogens (tertiary/aromatic N) is 1. The molecule has 0 bridgehead atoms. The van der Waals surface area contributed by atoms with Crippen LogP contribution in [-0.2, 0) is 31.7 Å². The molecule has 4 aromatic rings. The molecule has 0 atom stereocenters. The van der Waals surface area contributed by atoms with Gasteiger partial charge in [0.1, 0.15) is 12.4 Å². The van der Waals surface area contributed by atoms with Gasteiger partial charge in [-0.15, -0.1) is 0 Å². The number of aromatic nitrogens is 1. The van der Waals surface area contributed by atoms with Crippen LogP contribution in [-0.4, -0.2) is 32.0 Å². The summed E-state index contributed by atoms with van der Waals surface area (Å²) >= 11 is 0. The monoisotopic (exact) mass is 480 g/mol. The fraction of sp³-hybridized carbons (Fsp3) is 0.120. The molecule has 1 aromatic heterocycles. The molecule has 0 unspecified atom stereocenters. The second-order valence-electron chi connectivity index (χ2n) is 7.61. The minimum Gasteiger partial charge on any atom is -0.465 e. The van der Waals surface area contributed by atoms with Crippen LogP contribution in [0.3, 0.4) is 0 Å². The van der Waals surface area contributed by atoms with Gasteiger partial charge in [-0.25, -0.2) is 17.6 Å². The molecule has 34 heavy (non-hydrogen) atoms. The number of para-hydroxylation sites is 1. The molecule has 3 aromatic carbocycles. The van der Waals surface area contributed by atoms with Gasteiger partial charge >= 0.3 is 5.97 Å². The zero-order chi connectivity index (χ0) is 24.3. The van der Waals surface area contributed by atoms with Crippen LogP contribution < -0.4 is 5.32 Å². The van der Waals surface area contributed by atoms with E-state index in [2.05, 4.69) is 10.1 Å². The molecule has 0 saturated heterocycles. The van der Waals surface area contributed by atoms with Crippen molar-refractivity contribution in [2.45, 2.75) is 17.2 Å². The number of ether oxygens (including phenoxy) is 1. The maximum absolute atomic E-state index is 14.1. The number of nitrogens with one attached hydrogen (secondary N) is 1. The van der Waals surface area contributed by atoms with Crippen LogP contribution in [0.4, 0.5) is 10.1 Å². The summed E-state index contributed by atoms with van der Waals surface area (Å²) in [4.78, 5) is 24.2. The van der Waals surface area contributed by atoms with Crippen molar-refractivity contribution in [1.29, 1.82) is 0 Å². The smallest absolute Gasteiger partial charge is 0.337 e. The van der Waals surface area contributed by atoms with Gasteiger partial charge in [0.25, 0.3) is 0 Å². The Morgan fingerprint density at radius 3 is 2.35 bits per heavy atom. The lowest BCUT2D eigenvalue weighted by molar-refractivity contribution is -0.116. The topological polar surface area (TPSA) is 94.5 Å². The van der Waals surface area contributed by atoms with Crippen molar-refractivity contribution in [1.82, 2.24) is 4.57 Å². The highest BCUT2D eigenvalue weighted by Gasteiger charge is 2.23. The van der Waals surface area contributed by atoms with E-state index in [0.717, 1.165) is 0 Å². The molecule has 4 rings (SSSR count). The first-order chi connectivity index (χ1) is 16.3. The van der Waals surface area contributed by atoms with Crippen LogP contribution in [0.25, 0.3) is 10.9 Å². The first kappa shape index (κ1) is 23.2. The van der Waals surface area contributed by atoms with Crippen LogP contribution in [0, 0.1) is 5.82 Å². The van der Waals surface area contributed by atoms with E-state index in [0.29, 0.717) is 22.2 Å². The zero-order valence-electron chi connectivity index (χ0n) is 18.2. The predicted octanol–water partition coefficient (Wildman–Crippen LogP) is 4.18. The Balaban J connectivity index is 1.59. The van der Waals surface area contributed by atoms with Crippen LogP contribution in [0.1, 0.15) is 15.9 Å². The lowest BCUT2D eigenvalue weighted by atomic mass is 10.2. The molecule has 174 valence electrons. The second-order valence-corrected chi connectivity index (χ2v) is 9.56. The molecule has 0 spiro atoms. The van der Waals surface area contributed by atoms with E-state index in [-0.39, 0.29) is 22.9 Å². The molecule has 0 fully saturated rings. The summed E-state index contributed by atoms with van der Waals surface area (Å²) in [5.41, 5.74) is 1.46. The van der Waals surface area contributed by atoms with Gasteiger partial charge in [-0.1, -0.05) is 36.4 Å². The Morgan fingerprint density at radius 1 is 0.971 bits per heavy atom. The van der Waals surface area contributed by atoms with Crippen LogP contribution in [0.2, 0.25) is 0 Å². The van der Waals surface area contributed by atoms with Crippen molar-refractivity contribution in [2.24, 2.45) is 0 Å². The number of hydrogen-bond donors (Lipinski definition) is 1. The second kappa shape index (κ2) is 9.48. The minimum absolute atomic E-state index is 0.0292. The number of carbonyl (C=O) groups excluding carboxylic acids is 2. The van der Waals surface area contributed by atoms with Crippen molar-refractivity contribution in [3.63, 3.8) is 0 Å².